The minimum atomic E-state index is -0.327. The average Bonchev–Trinajstić information content (AvgIpc) is 2.90. The molecule has 1 aromatic rings. The summed E-state index contributed by atoms with van der Waals surface area (Å²) in [4.78, 5) is 27.0. The summed E-state index contributed by atoms with van der Waals surface area (Å²) in [5, 5.41) is 2.79. The Labute approximate surface area is 153 Å². The summed E-state index contributed by atoms with van der Waals surface area (Å²) in [7, 11) is 1.62. The van der Waals surface area contributed by atoms with E-state index in [0.717, 1.165) is 31.3 Å². The zero-order chi connectivity index (χ0) is 18.5. The van der Waals surface area contributed by atoms with Crippen LogP contribution >= 0.6 is 0 Å². The third-order valence-corrected chi connectivity index (χ3v) is 5.11. The highest BCUT2D eigenvalue weighted by Crippen LogP contribution is 2.37. The van der Waals surface area contributed by atoms with E-state index in [1.165, 1.54) is 12.1 Å². The quantitative estimate of drug-likeness (QED) is 0.813. The van der Waals surface area contributed by atoms with Crippen LogP contribution in [0.25, 0.3) is 0 Å². The zero-order valence-electron chi connectivity index (χ0n) is 15.1. The first-order chi connectivity index (χ1) is 12.6. The number of hydrogen-bond donors (Lipinski definition) is 1. The largest absolute Gasteiger partial charge is 0.383 e. The average molecular weight is 360 g/mol. The number of nitrogens with zero attached hydrogens (tertiary/aromatic N) is 1. The van der Waals surface area contributed by atoms with Crippen molar-refractivity contribution in [1.29, 1.82) is 0 Å². The minimum absolute atomic E-state index is 0.0372. The highest BCUT2D eigenvalue weighted by atomic mass is 19.1. The van der Waals surface area contributed by atoms with Crippen molar-refractivity contribution in [3.8, 4) is 0 Å². The van der Waals surface area contributed by atoms with Gasteiger partial charge in [0.05, 0.1) is 19.1 Å². The molecule has 1 aliphatic carbocycles. The third kappa shape index (κ3) is 4.12. The van der Waals surface area contributed by atoms with E-state index >= 15 is 0 Å². The summed E-state index contributed by atoms with van der Waals surface area (Å²) < 4.78 is 18.3. The number of carbonyl (C=O) groups is 2. The van der Waals surface area contributed by atoms with Gasteiger partial charge < -0.3 is 15.0 Å². The van der Waals surface area contributed by atoms with Crippen molar-refractivity contribution in [3.05, 3.63) is 46.8 Å². The number of rotatable bonds is 7. The number of methoxy groups -OCH3 is 1. The smallest absolute Gasteiger partial charge is 0.250 e. The van der Waals surface area contributed by atoms with Crippen molar-refractivity contribution < 1.29 is 18.7 Å². The zero-order valence-corrected chi connectivity index (χ0v) is 15.1. The van der Waals surface area contributed by atoms with Crippen LogP contribution in [0.3, 0.4) is 0 Å². The Morgan fingerprint density at radius 2 is 2.23 bits per heavy atom. The summed E-state index contributed by atoms with van der Waals surface area (Å²) in [5.74, 6) is -0.570. The topological polar surface area (TPSA) is 58.6 Å². The first-order valence-corrected chi connectivity index (χ1v) is 9.13. The van der Waals surface area contributed by atoms with Crippen LogP contribution in [-0.4, -0.2) is 43.0 Å². The maximum absolute atomic E-state index is 13.2. The van der Waals surface area contributed by atoms with E-state index in [0.29, 0.717) is 24.3 Å². The molecule has 1 fully saturated rings. The Kier molecular flexibility index (Phi) is 6.04. The lowest BCUT2D eigenvalue weighted by atomic mass is 9.88. The molecule has 140 valence electrons. The van der Waals surface area contributed by atoms with Crippen LogP contribution in [0.15, 0.2) is 35.4 Å². The van der Waals surface area contributed by atoms with E-state index in [9.17, 15) is 14.0 Å². The standard InChI is InChI=1S/C20H25FN2O3/c1-26-10-9-23-18-8-3-2-7-16(18)17(20(23)25)12-19(24)22-13-14-5-4-6-15(21)11-14/h4-6,11,18H,2-3,7-10,12-13H2,1H3,(H,22,24). The first kappa shape index (κ1) is 18.6. The first-order valence-electron chi connectivity index (χ1n) is 9.13. The van der Waals surface area contributed by atoms with Crippen LogP contribution in [0, 0.1) is 5.82 Å². The number of nitrogens with one attached hydrogen (secondary N) is 1. The van der Waals surface area contributed by atoms with Gasteiger partial charge in [-0.3, -0.25) is 9.59 Å². The van der Waals surface area contributed by atoms with Crippen LogP contribution in [0.1, 0.15) is 37.7 Å². The maximum atomic E-state index is 13.2. The van der Waals surface area contributed by atoms with E-state index in [-0.39, 0.29) is 36.6 Å². The second kappa shape index (κ2) is 8.45. The number of fused-ring (bicyclic) bond motifs is 1. The molecule has 0 bridgehead atoms. The van der Waals surface area contributed by atoms with E-state index in [4.69, 9.17) is 4.74 Å². The van der Waals surface area contributed by atoms with Gasteiger partial charge in [-0.25, -0.2) is 4.39 Å². The van der Waals surface area contributed by atoms with Crippen molar-refractivity contribution in [2.45, 2.75) is 44.7 Å². The molecule has 1 unspecified atom stereocenters. The highest BCUT2D eigenvalue weighted by molar-refractivity contribution is 6.02. The van der Waals surface area contributed by atoms with Crippen molar-refractivity contribution in [2.24, 2.45) is 0 Å². The molecule has 1 atom stereocenters. The predicted octanol–water partition coefficient (Wildman–Crippen LogP) is 2.56. The van der Waals surface area contributed by atoms with Gasteiger partial charge in [0.15, 0.2) is 0 Å². The Balaban J connectivity index is 1.64. The number of hydrogen-bond acceptors (Lipinski definition) is 3. The minimum Gasteiger partial charge on any atom is -0.383 e. The second-order valence-corrected chi connectivity index (χ2v) is 6.84. The Morgan fingerprint density at radius 1 is 1.38 bits per heavy atom. The molecule has 0 saturated heterocycles. The number of halogens is 1. The molecule has 2 aliphatic rings. The fraction of sp³-hybridized carbons (Fsp3) is 0.500. The van der Waals surface area contributed by atoms with Gasteiger partial charge >= 0.3 is 0 Å². The molecule has 2 amide bonds. The van der Waals surface area contributed by atoms with Gasteiger partial charge in [-0.2, -0.15) is 0 Å². The number of carbonyl (C=O) groups excluding carboxylic acids is 2. The number of ether oxygens (including phenoxy) is 1. The Morgan fingerprint density at radius 3 is 3.00 bits per heavy atom. The molecule has 1 heterocycles. The van der Waals surface area contributed by atoms with Crippen molar-refractivity contribution in [2.75, 3.05) is 20.3 Å². The fourth-order valence-electron chi connectivity index (χ4n) is 3.85. The molecule has 5 nitrogen and oxygen atoms in total. The molecule has 0 radical (unpaired) electrons. The Hall–Kier alpha value is -2.21. The monoisotopic (exact) mass is 360 g/mol. The maximum Gasteiger partial charge on any atom is 0.250 e. The number of benzene rings is 1. The molecular weight excluding hydrogens is 335 g/mol. The molecule has 1 aliphatic heterocycles. The van der Waals surface area contributed by atoms with Gasteiger partial charge in [-0.15, -0.1) is 0 Å². The molecule has 1 aromatic carbocycles. The SMILES string of the molecule is COCCN1C(=O)C(CC(=O)NCc2cccc(F)c2)=C2CCCCC21. The molecule has 0 spiro atoms. The fourth-order valence-corrected chi connectivity index (χ4v) is 3.85. The van der Waals surface area contributed by atoms with Gasteiger partial charge in [0, 0.05) is 25.8 Å². The summed E-state index contributed by atoms with van der Waals surface area (Å²) >= 11 is 0. The lowest BCUT2D eigenvalue weighted by Crippen LogP contribution is -2.39. The second-order valence-electron chi connectivity index (χ2n) is 6.84. The van der Waals surface area contributed by atoms with E-state index in [1.807, 2.05) is 4.90 Å². The predicted molar refractivity (Wildman–Crippen MR) is 95.7 cm³/mol. The van der Waals surface area contributed by atoms with Crippen LogP contribution in [0.4, 0.5) is 4.39 Å². The van der Waals surface area contributed by atoms with E-state index in [2.05, 4.69) is 5.32 Å². The summed E-state index contributed by atoms with van der Waals surface area (Å²) in [5.41, 5.74) is 2.46. The number of amides is 2. The lowest BCUT2D eigenvalue weighted by molar-refractivity contribution is -0.129. The molecule has 26 heavy (non-hydrogen) atoms. The molecule has 1 N–H and O–H groups in total. The van der Waals surface area contributed by atoms with Gasteiger partial charge in [-0.1, -0.05) is 18.6 Å². The summed E-state index contributed by atoms with van der Waals surface area (Å²) in [6.45, 7) is 1.30. The highest BCUT2D eigenvalue weighted by Gasteiger charge is 2.39. The third-order valence-electron chi connectivity index (χ3n) is 5.11. The molecular formula is C20H25FN2O3. The van der Waals surface area contributed by atoms with Crippen molar-refractivity contribution >= 4 is 11.8 Å². The van der Waals surface area contributed by atoms with Crippen LogP contribution in [-0.2, 0) is 20.9 Å². The molecule has 6 heteroatoms. The van der Waals surface area contributed by atoms with Crippen molar-refractivity contribution in [3.63, 3.8) is 0 Å². The molecule has 1 saturated carbocycles. The van der Waals surface area contributed by atoms with E-state index < -0.39 is 0 Å². The molecule has 3 rings (SSSR count). The summed E-state index contributed by atoms with van der Waals surface area (Å²) in [6.07, 6.45) is 4.09. The van der Waals surface area contributed by atoms with Gasteiger partial charge in [-0.05, 0) is 42.5 Å². The van der Waals surface area contributed by atoms with Crippen molar-refractivity contribution in [1.82, 2.24) is 10.2 Å². The lowest BCUT2D eigenvalue weighted by Gasteiger charge is -2.29. The van der Waals surface area contributed by atoms with Gasteiger partial charge in [0.2, 0.25) is 5.91 Å². The van der Waals surface area contributed by atoms with Gasteiger partial charge in [0.25, 0.3) is 5.91 Å². The normalized spacial score (nSPS) is 19.7. The molecule has 0 aromatic heterocycles. The Bertz CT molecular complexity index is 717. The van der Waals surface area contributed by atoms with Crippen LogP contribution in [0.2, 0.25) is 0 Å². The van der Waals surface area contributed by atoms with E-state index in [1.54, 1.807) is 19.2 Å². The van der Waals surface area contributed by atoms with Crippen LogP contribution < -0.4 is 5.32 Å². The van der Waals surface area contributed by atoms with Crippen LogP contribution in [0.5, 0.6) is 0 Å². The van der Waals surface area contributed by atoms with Gasteiger partial charge in [0.1, 0.15) is 5.82 Å². The summed E-state index contributed by atoms with van der Waals surface area (Å²) in [6, 6.07) is 6.26.